The Morgan fingerprint density at radius 3 is 2.41 bits per heavy atom. The van der Waals surface area contributed by atoms with Gasteiger partial charge in [-0.15, -0.1) is 0 Å². The Labute approximate surface area is 165 Å². The number of aryl methyl sites for hydroxylation is 2. The normalized spacial score (nSPS) is 12.6. The number of amides is 2. The molecule has 0 fully saturated rings. The van der Waals surface area contributed by atoms with Crippen LogP contribution in [-0.2, 0) is 9.59 Å². The number of aromatic nitrogens is 2. The lowest BCUT2D eigenvalue weighted by Crippen LogP contribution is -2.30. The first kappa shape index (κ1) is 21.0. The topological polar surface area (TPSA) is 76.0 Å². The van der Waals surface area contributed by atoms with Gasteiger partial charge in [0.25, 0.3) is 0 Å². The minimum atomic E-state index is -0.473. The van der Waals surface area contributed by atoms with Crippen LogP contribution in [-0.4, -0.2) is 21.6 Å². The predicted molar refractivity (Wildman–Crippen MR) is 109 cm³/mol. The summed E-state index contributed by atoms with van der Waals surface area (Å²) in [6, 6.07) is 6.49. The van der Waals surface area contributed by atoms with Crippen molar-refractivity contribution in [2.75, 3.05) is 10.6 Å². The number of nitrogens with zero attached hydrogens (tertiary/aromatic N) is 2. The van der Waals surface area contributed by atoms with E-state index in [1.165, 1.54) is 0 Å². The summed E-state index contributed by atoms with van der Waals surface area (Å²) in [4.78, 5) is 24.8. The molecule has 6 nitrogen and oxygen atoms in total. The van der Waals surface area contributed by atoms with Gasteiger partial charge in [-0.25, -0.2) is 0 Å². The number of carbonyl (C=O) groups excluding carboxylic acids is 2. The van der Waals surface area contributed by atoms with Gasteiger partial charge in [-0.1, -0.05) is 32.4 Å². The number of benzene rings is 1. The molecule has 2 amide bonds. The molecule has 0 bridgehead atoms. The van der Waals surface area contributed by atoms with Crippen LogP contribution < -0.4 is 10.6 Å². The molecule has 0 radical (unpaired) electrons. The number of nitrogens with one attached hydrogen (secondary N) is 2. The molecule has 0 aliphatic carbocycles. The fourth-order valence-corrected chi connectivity index (χ4v) is 2.77. The molecule has 1 unspecified atom stereocenters. The summed E-state index contributed by atoms with van der Waals surface area (Å²) < 4.78 is 1.68. The lowest BCUT2D eigenvalue weighted by atomic mass is 9.89. The molecular weight excluding hydrogens is 364 g/mol. The maximum Gasteiger partial charge on any atom is 0.248 e. The molecule has 27 heavy (non-hydrogen) atoms. The van der Waals surface area contributed by atoms with E-state index in [1.807, 2.05) is 40.7 Å². The van der Waals surface area contributed by atoms with Gasteiger partial charge in [-0.2, -0.15) is 5.10 Å². The van der Waals surface area contributed by atoms with E-state index in [4.69, 9.17) is 11.6 Å². The highest BCUT2D eigenvalue weighted by Crippen LogP contribution is 2.28. The van der Waals surface area contributed by atoms with E-state index < -0.39 is 11.5 Å². The Morgan fingerprint density at radius 2 is 1.89 bits per heavy atom. The van der Waals surface area contributed by atoms with E-state index >= 15 is 0 Å². The summed E-state index contributed by atoms with van der Waals surface area (Å²) in [5.41, 5.74) is 2.39. The van der Waals surface area contributed by atoms with E-state index in [0.717, 1.165) is 17.8 Å². The highest BCUT2D eigenvalue weighted by molar-refractivity contribution is 6.34. The van der Waals surface area contributed by atoms with Gasteiger partial charge in [0.15, 0.2) is 0 Å². The first-order chi connectivity index (χ1) is 12.5. The Morgan fingerprint density at radius 1 is 1.22 bits per heavy atom. The van der Waals surface area contributed by atoms with Gasteiger partial charge in [0, 0.05) is 16.8 Å². The molecule has 7 heteroatoms. The molecule has 2 N–H and O–H groups in total. The largest absolute Gasteiger partial charge is 0.326 e. The second kappa shape index (κ2) is 8.13. The van der Waals surface area contributed by atoms with Crippen molar-refractivity contribution in [1.29, 1.82) is 0 Å². The molecule has 2 aromatic rings. The van der Waals surface area contributed by atoms with Crippen molar-refractivity contribution in [3.8, 4) is 0 Å². The van der Waals surface area contributed by atoms with Gasteiger partial charge in [0.1, 0.15) is 6.04 Å². The van der Waals surface area contributed by atoms with Gasteiger partial charge in [0.2, 0.25) is 11.8 Å². The van der Waals surface area contributed by atoms with E-state index in [9.17, 15) is 9.59 Å². The van der Waals surface area contributed by atoms with Crippen molar-refractivity contribution in [1.82, 2.24) is 9.78 Å². The average molecular weight is 391 g/mol. The van der Waals surface area contributed by atoms with Crippen LogP contribution >= 0.6 is 11.6 Å². The summed E-state index contributed by atoms with van der Waals surface area (Å²) in [6.07, 6.45) is 0.727. The molecule has 0 saturated heterocycles. The zero-order chi connectivity index (χ0) is 20.4. The quantitative estimate of drug-likeness (QED) is 0.748. The highest BCUT2D eigenvalue weighted by atomic mass is 35.5. The number of hydrogen-bond acceptors (Lipinski definition) is 3. The van der Waals surface area contributed by atoms with Crippen molar-refractivity contribution >= 4 is 34.8 Å². The van der Waals surface area contributed by atoms with Gasteiger partial charge in [-0.3, -0.25) is 14.3 Å². The van der Waals surface area contributed by atoms with Gasteiger partial charge in [-0.05, 0) is 51.5 Å². The highest BCUT2D eigenvalue weighted by Gasteiger charge is 2.25. The van der Waals surface area contributed by atoms with E-state index in [-0.39, 0.29) is 11.8 Å². The van der Waals surface area contributed by atoms with Crippen LogP contribution in [0.25, 0.3) is 0 Å². The summed E-state index contributed by atoms with van der Waals surface area (Å²) in [6.45, 7) is 11.3. The zero-order valence-corrected chi connectivity index (χ0v) is 17.4. The third-order valence-corrected chi connectivity index (χ3v) is 5.09. The van der Waals surface area contributed by atoms with Gasteiger partial charge < -0.3 is 10.6 Å². The van der Waals surface area contributed by atoms with E-state index in [0.29, 0.717) is 16.4 Å². The first-order valence-corrected chi connectivity index (χ1v) is 9.37. The molecule has 0 spiro atoms. The van der Waals surface area contributed by atoms with Crippen molar-refractivity contribution in [2.45, 2.75) is 54.0 Å². The van der Waals surface area contributed by atoms with Gasteiger partial charge in [0.05, 0.1) is 16.4 Å². The molecule has 0 saturated carbocycles. The van der Waals surface area contributed by atoms with E-state index in [1.54, 1.807) is 29.8 Å². The molecular formula is C20H27ClN4O2. The Balaban J connectivity index is 2.10. The second-order valence-corrected chi connectivity index (χ2v) is 7.83. The second-order valence-electron chi connectivity index (χ2n) is 7.42. The summed E-state index contributed by atoms with van der Waals surface area (Å²) in [7, 11) is 0. The molecule has 146 valence electrons. The Hall–Kier alpha value is -2.34. The van der Waals surface area contributed by atoms with Crippen LogP contribution in [0.15, 0.2) is 24.3 Å². The zero-order valence-electron chi connectivity index (χ0n) is 16.7. The SMILES string of the molecule is CCC(C)(C)C(=O)Nc1ccc(NC(=O)C(C)n2nc(C)cc2C)c(Cl)c1. The maximum absolute atomic E-state index is 12.6. The standard InChI is InChI=1S/C20H27ClN4O2/c1-7-20(5,6)19(27)22-15-8-9-17(16(21)11-15)23-18(26)14(4)25-13(3)10-12(2)24-25/h8-11,14H,7H2,1-6H3,(H,22,27)(H,23,26). The van der Waals surface area contributed by atoms with Crippen LogP contribution in [0.5, 0.6) is 0 Å². The van der Waals surface area contributed by atoms with Crippen molar-refractivity contribution in [3.05, 3.63) is 40.7 Å². The fraction of sp³-hybridized carbons (Fsp3) is 0.450. The van der Waals surface area contributed by atoms with E-state index in [2.05, 4.69) is 15.7 Å². The third kappa shape index (κ3) is 4.89. The summed E-state index contributed by atoms with van der Waals surface area (Å²) in [5, 5.41) is 10.4. The molecule has 1 atom stereocenters. The van der Waals surface area contributed by atoms with Crippen molar-refractivity contribution in [2.24, 2.45) is 5.41 Å². The van der Waals surface area contributed by atoms with Crippen LogP contribution in [0.4, 0.5) is 11.4 Å². The lowest BCUT2D eigenvalue weighted by Gasteiger charge is -2.22. The Bertz CT molecular complexity index is 858. The van der Waals surface area contributed by atoms with Crippen LogP contribution in [0.2, 0.25) is 5.02 Å². The molecule has 1 aromatic carbocycles. The molecule has 0 aliphatic heterocycles. The van der Waals surface area contributed by atoms with Gasteiger partial charge >= 0.3 is 0 Å². The average Bonchev–Trinajstić information content (AvgIpc) is 2.94. The predicted octanol–water partition coefficient (Wildman–Crippen LogP) is 4.73. The maximum atomic E-state index is 12.6. The minimum absolute atomic E-state index is 0.0731. The fourth-order valence-electron chi connectivity index (χ4n) is 2.54. The molecule has 0 aliphatic rings. The molecule has 2 rings (SSSR count). The van der Waals surface area contributed by atoms with Crippen molar-refractivity contribution < 1.29 is 9.59 Å². The smallest absolute Gasteiger partial charge is 0.248 e. The lowest BCUT2D eigenvalue weighted by molar-refractivity contribution is -0.124. The number of hydrogen-bond donors (Lipinski definition) is 2. The number of halogens is 1. The van der Waals surface area contributed by atoms with Crippen LogP contribution in [0, 0.1) is 19.3 Å². The van der Waals surface area contributed by atoms with Crippen LogP contribution in [0.1, 0.15) is 51.5 Å². The summed E-state index contributed by atoms with van der Waals surface area (Å²) >= 11 is 6.30. The monoisotopic (exact) mass is 390 g/mol. The van der Waals surface area contributed by atoms with Crippen LogP contribution in [0.3, 0.4) is 0 Å². The summed E-state index contributed by atoms with van der Waals surface area (Å²) in [5.74, 6) is -0.289. The third-order valence-electron chi connectivity index (χ3n) is 4.77. The molecule has 1 aromatic heterocycles. The first-order valence-electron chi connectivity index (χ1n) is 8.99. The number of anilines is 2. The number of carbonyl (C=O) groups is 2. The number of rotatable bonds is 6. The minimum Gasteiger partial charge on any atom is -0.326 e. The van der Waals surface area contributed by atoms with Crippen molar-refractivity contribution in [3.63, 3.8) is 0 Å². The Kier molecular flexibility index (Phi) is 6.31. The molecule has 1 heterocycles.